The molecule has 5 nitrogen and oxygen atoms in total. The van der Waals surface area contributed by atoms with Crippen LogP contribution in [0.5, 0.6) is 17.2 Å². The second-order valence-electron chi connectivity index (χ2n) is 9.77. The van der Waals surface area contributed by atoms with Gasteiger partial charge in [0.05, 0.1) is 12.6 Å². The lowest BCUT2D eigenvalue weighted by atomic mass is 10.1. The number of ether oxygens (including phenoxy) is 3. The minimum atomic E-state index is -0.231. The molecule has 0 fully saturated rings. The van der Waals surface area contributed by atoms with Crippen LogP contribution in [0.2, 0.25) is 0 Å². The molecule has 0 aliphatic heterocycles. The van der Waals surface area contributed by atoms with Crippen LogP contribution in [0.1, 0.15) is 67.2 Å². The summed E-state index contributed by atoms with van der Waals surface area (Å²) < 4.78 is 19.2. The number of hydrogen-bond donors (Lipinski definition) is 0. The standard InChI is InChI=1S/C31H43NO4/c1-22(2)11-9-13-24(5)17-19-35-29-27-16-15-26(34-8)21-28(27)32(7)31(33)30(29)36-20-18-25(6)14-10-12-23(3)4/h11-12,15-18,21H,9-10,13-14,19-20H2,1-8H3/b24-17+,25-18+. The van der Waals surface area contributed by atoms with Crippen molar-refractivity contribution in [1.29, 1.82) is 0 Å². The molecular weight excluding hydrogens is 450 g/mol. The molecule has 1 aromatic heterocycles. The van der Waals surface area contributed by atoms with E-state index in [9.17, 15) is 4.79 Å². The molecule has 0 aliphatic carbocycles. The van der Waals surface area contributed by atoms with Gasteiger partial charge in [0, 0.05) is 18.5 Å². The molecule has 0 spiro atoms. The molecule has 0 aliphatic rings. The molecule has 36 heavy (non-hydrogen) atoms. The fraction of sp³-hybridized carbons (Fsp3) is 0.452. The molecule has 0 unspecified atom stereocenters. The summed E-state index contributed by atoms with van der Waals surface area (Å²) in [7, 11) is 3.36. The van der Waals surface area contributed by atoms with Crippen molar-refractivity contribution in [2.75, 3.05) is 20.3 Å². The molecule has 0 amide bonds. The fourth-order valence-corrected chi connectivity index (χ4v) is 3.78. The van der Waals surface area contributed by atoms with Crippen LogP contribution in [0.4, 0.5) is 0 Å². The quantitative estimate of drug-likeness (QED) is 0.268. The van der Waals surface area contributed by atoms with E-state index < -0.39 is 0 Å². The number of nitrogens with zero attached hydrogens (tertiary/aromatic N) is 1. The van der Waals surface area contributed by atoms with E-state index in [4.69, 9.17) is 14.2 Å². The molecule has 2 aromatic rings. The highest BCUT2D eigenvalue weighted by Gasteiger charge is 2.18. The van der Waals surface area contributed by atoms with Crippen LogP contribution in [0, 0.1) is 0 Å². The molecular formula is C31H43NO4. The molecule has 0 atom stereocenters. The number of fused-ring (bicyclic) bond motifs is 1. The van der Waals surface area contributed by atoms with Gasteiger partial charge in [-0.3, -0.25) is 4.79 Å². The van der Waals surface area contributed by atoms with Gasteiger partial charge in [0.2, 0.25) is 5.75 Å². The van der Waals surface area contributed by atoms with Gasteiger partial charge in [-0.1, -0.05) is 34.4 Å². The lowest BCUT2D eigenvalue weighted by Gasteiger charge is -2.17. The second kappa shape index (κ2) is 14.4. The van der Waals surface area contributed by atoms with Crippen LogP contribution in [-0.4, -0.2) is 24.9 Å². The van der Waals surface area contributed by atoms with Gasteiger partial charge in [0.1, 0.15) is 19.0 Å². The Morgan fingerprint density at radius 3 is 1.83 bits per heavy atom. The number of hydrogen-bond acceptors (Lipinski definition) is 4. The first-order valence-electron chi connectivity index (χ1n) is 12.7. The maximum Gasteiger partial charge on any atom is 0.297 e. The van der Waals surface area contributed by atoms with Crippen molar-refractivity contribution in [2.24, 2.45) is 7.05 Å². The van der Waals surface area contributed by atoms with Gasteiger partial charge in [-0.25, -0.2) is 0 Å². The largest absolute Gasteiger partial charge is 0.497 e. The first-order chi connectivity index (χ1) is 17.1. The summed E-state index contributed by atoms with van der Waals surface area (Å²) in [6, 6.07) is 5.64. The fourth-order valence-electron chi connectivity index (χ4n) is 3.78. The Morgan fingerprint density at radius 1 is 0.806 bits per heavy atom. The molecule has 0 N–H and O–H groups in total. The van der Waals surface area contributed by atoms with Crippen molar-refractivity contribution in [2.45, 2.75) is 67.2 Å². The van der Waals surface area contributed by atoms with Crippen molar-refractivity contribution in [3.05, 3.63) is 75.1 Å². The van der Waals surface area contributed by atoms with Crippen molar-refractivity contribution >= 4 is 10.9 Å². The number of benzene rings is 1. The molecule has 1 heterocycles. The summed E-state index contributed by atoms with van der Waals surface area (Å²) >= 11 is 0. The first kappa shape index (κ1) is 29.0. The van der Waals surface area contributed by atoms with Gasteiger partial charge in [-0.2, -0.15) is 0 Å². The molecule has 1 aromatic carbocycles. The van der Waals surface area contributed by atoms with Gasteiger partial charge in [0.15, 0.2) is 5.75 Å². The third-order valence-corrected chi connectivity index (χ3v) is 6.02. The van der Waals surface area contributed by atoms with Crippen molar-refractivity contribution in [3.63, 3.8) is 0 Å². The van der Waals surface area contributed by atoms with E-state index in [0.717, 1.165) is 36.6 Å². The Bertz CT molecular complexity index is 1200. The highest BCUT2D eigenvalue weighted by Crippen LogP contribution is 2.34. The molecule has 196 valence electrons. The van der Waals surface area contributed by atoms with E-state index in [2.05, 4.69) is 59.8 Å². The highest BCUT2D eigenvalue weighted by molar-refractivity contribution is 5.89. The van der Waals surface area contributed by atoms with Gasteiger partial charge >= 0.3 is 0 Å². The zero-order valence-electron chi connectivity index (χ0n) is 23.4. The van der Waals surface area contributed by atoms with Crippen LogP contribution in [-0.2, 0) is 7.05 Å². The van der Waals surface area contributed by atoms with Crippen LogP contribution >= 0.6 is 0 Å². The number of aromatic nitrogens is 1. The smallest absolute Gasteiger partial charge is 0.297 e. The van der Waals surface area contributed by atoms with Gasteiger partial charge in [-0.05, 0) is 91.5 Å². The van der Waals surface area contributed by atoms with E-state index in [1.54, 1.807) is 18.7 Å². The summed E-state index contributed by atoms with van der Waals surface area (Å²) in [4.78, 5) is 13.3. The van der Waals surface area contributed by atoms with E-state index in [1.807, 2.05) is 24.3 Å². The average molecular weight is 494 g/mol. The normalized spacial score (nSPS) is 11.9. The maximum atomic E-state index is 13.3. The van der Waals surface area contributed by atoms with Crippen LogP contribution in [0.15, 0.2) is 69.6 Å². The lowest BCUT2D eigenvalue weighted by molar-refractivity contribution is 0.304. The van der Waals surface area contributed by atoms with E-state index in [-0.39, 0.29) is 11.3 Å². The summed E-state index contributed by atoms with van der Waals surface area (Å²) in [6.07, 6.45) is 12.5. The minimum Gasteiger partial charge on any atom is -0.497 e. The van der Waals surface area contributed by atoms with Crippen LogP contribution in [0.25, 0.3) is 10.9 Å². The number of pyridine rings is 1. The predicted octanol–water partition coefficient (Wildman–Crippen LogP) is 7.69. The Balaban J connectivity index is 2.33. The Morgan fingerprint density at radius 2 is 1.33 bits per heavy atom. The SMILES string of the molecule is COc1ccc2c(OC/C=C(\C)CCC=C(C)C)c(OC/C=C(\C)CCC=C(C)C)c(=O)n(C)c2c1. The van der Waals surface area contributed by atoms with E-state index in [1.165, 1.54) is 22.3 Å². The topological polar surface area (TPSA) is 49.7 Å². The Kier molecular flexibility index (Phi) is 11.6. The molecule has 2 rings (SSSR count). The first-order valence-corrected chi connectivity index (χ1v) is 12.7. The van der Waals surface area contributed by atoms with Crippen LogP contribution < -0.4 is 19.8 Å². The molecule has 0 bridgehead atoms. The van der Waals surface area contributed by atoms with Crippen molar-refractivity contribution in [1.82, 2.24) is 4.57 Å². The monoisotopic (exact) mass is 493 g/mol. The second-order valence-corrected chi connectivity index (χ2v) is 9.77. The Hall–Kier alpha value is -3.21. The number of rotatable bonds is 13. The summed E-state index contributed by atoms with van der Waals surface area (Å²) in [5.41, 5.74) is 5.62. The summed E-state index contributed by atoms with van der Waals surface area (Å²) in [6.45, 7) is 13.3. The number of aryl methyl sites for hydroxylation is 1. The molecule has 0 radical (unpaired) electrons. The minimum absolute atomic E-state index is 0.231. The average Bonchev–Trinajstić information content (AvgIpc) is 2.82. The van der Waals surface area contributed by atoms with Gasteiger partial charge in [0.25, 0.3) is 5.56 Å². The number of allylic oxidation sites excluding steroid dienone is 6. The third kappa shape index (κ3) is 8.78. The highest BCUT2D eigenvalue weighted by atomic mass is 16.5. The third-order valence-electron chi connectivity index (χ3n) is 6.02. The molecule has 5 heteroatoms. The zero-order chi connectivity index (χ0) is 26.7. The summed E-state index contributed by atoms with van der Waals surface area (Å²) in [5, 5.41) is 0.813. The summed E-state index contributed by atoms with van der Waals surface area (Å²) in [5.74, 6) is 1.39. The van der Waals surface area contributed by atoms with E-state index in [0.29, 0.717) is 24.7 Å². The Labute approximate surface area is 216 Å². The van der Waals surface area contributed by atoms with Gasteiger partial charge in [-0.15, -0.1) is 0 Å². The molecule has 0 saturated carbocycles. The van der Waals surface area contributed by atoms with Crippen molar-refractivity contribution in [3.8, 4) is 17.2 Å². The van der Waals surface area contributed by atoms with Crippen LogP contribution in [0.3, 0.4) is 0 Å². The lowest BCUT2D eigenvalue weighted by Crippen LogP contribution is -2.21. The van der Waals surface area contributed by atoms with Crippen molar-refractivity contribution < 1.29 is 14.2 Å². The predicted molar refractivity (Wildman–Crippen MR) is 152 cm³/mol. The van der Waals surface area contributed by atoms with E-state index >= 15 is 0 Å². The number of methoxy groups -OCH3 is 1. The maximum absolute atomic E-state index is 13.3. The molecule has 0 saturated heterocycles. The zero-order valence-corrected chi connectivity index (χ0v) is 23.4. The van der Waals surface area contributed by atoms with Gasteiger partial charge < -0.3 is 18.8 Å².